The first kappa shape index (κ1) is 27.5. The molecule has 2 aromatic carbocycles. The van der Waals surface area contributed by atoms with E-state index in [1.807, 2.05) is 41.3 Å². The maximum atomic E-state index is 14.0. The lowest BCUT2D eigenvalue weighted by atomic mass is 9.50. The molecule has 0 radical (unpaired) electrons. The number of esters is 1. The van der Waals surface area contributed by atoms with Crippen LogP contribution in [0.25, 0.3) is 6.08 Å². The number of hydrogen-bond donors (Lipinski definition) is 1. The molecular weight excluding hydrogens is 528 g/mol. The molecule has 1 saturated heterocycles. The van der Waals surface area contributed by atoms with Crippen LogP contribution < -0.4 is 9.47 Å². The van der Waals surface area contributed by atoms with E-state index in [1.165, 1.54) is 19.8 Å². The summed E-state index contributed by atoms with van der Waals surface area (Å²) in [7, 11) is 0. The number of amides is 1. The highest BCUT2D eigenvalue weighted by atomic mass is 16.6. The van der Waals surface area contributed by atoms with Crippen LogP contribution in [0.3, 0.4) is 0 Å². The Bertz CT molecular complexity index is 1420. The van der Waals surface area contributed by atoms with E-state index in [0.29, 0.717) is 30.0 Å². The van der Waals surface area contributed by atoms with Crippen molar-refractivity contribution in [3.63, 3.8) is 0 Å². The van der Waals surface area contributed by atoms with E-state index < -0.39 is 5.97 Å². The lowest BCUT2D eigenvalue weighted by molar-refractivity contribution is -0.138. The summed E-state index contributed by atoms with van der Waals surface area (Å²) in [6.45, 7) is 8.42. The molecule has 2 aliphatic heterocycles. The van der Waals surface area contributed by atoms with E-state index in [2.05, 4.69) is 18.7 Å². The van der Waals surface area contributed by atoms with Crippen molar-refractivity contribution < 1.29 is 24.2 Å². The highest BCUT2D eigenvalue weighted by Gasteiger charge is 2.67. The molecule has 5 atom stereocenters. The Hall–Kier alpha value is -3.32. The van der Waals surface area contributed by atoms with Gasteiger partial charge in [-0.25, -0.2) is 0 Å². The van der Waals surface area contributed by atoms with Crippen molar-refractivity contribution in [2.75, 3.05) is 19.6 Å². The fourth-order valence-electron chi connectivity index (χ4n) is 8.67. The van der Waals surface area contributed by atoms with E-state index in [4.69, 9.17) is 9.47 Å². The molecule has 7 nitrogen and oxygen atoms in total. The van der Waals surface area contributed by atoms with E-state index in [0.717, 1.165) is 61.4 Å². The van der Waals surface area contributed by atoms with Crippen molar-refractivity contribution in [1.29, 1.82) is 0 Å². The van der Waals surface area contributed by atoms with Crippen molar-refractivity contribution in [2.45, 2.75) is 82.9 Å². The second kappa shape index (κ2) is 10.4. The normalized spacial score (nSPS) is 29.3. The summed E-state index contributed by atoms with van der Waals surface area (Å²) in [5.74, 6) is 2.08. The average Bonchev–Trinajstić information content (AvgIpc) is 3.71. The number of carbonyl (C=O) groups is 2. The van der Waals surface area contributed by atoms with Gasteiger partial charge in [-0.15, -0.1) is 0 Å². The van der Waals surface area contributed by atoms with Crippen LogP contribution in [-0.2, 0) is 21.4 Å². The van der Waals surface area contributed by atoms with Gasteiger partial charge in [0.25, 0.3) is 0 Å². The molecule has 1 spiro atoms. The minimum absolute atomic E-state index is 0.00577. The second-order valence-corrected chi connectivity index (χ2v) is 13.6. The van der Waals surface area contributed by atoms with Crippen molar-refractivity contribution in [2.24, 2.45) is 17.8 Å². The molecule has 222 valence electrons. The molecule has 5 aliphatic rings. The number of rotatable bonds is 8. The highest BCUT2D eigenvalue weighted by molar-refractivity contribution is 5.92. The van der Waals surface area contributed by atoms with Crippen molar-refractivity contribution >= 4 is 18.0 Å². The molecule has 7 rings (SSSR count). The summed E-state index contributed by atoms with van der Waals surface area (Å²) in [5.41, 5.74) is 2.64. The third-order valence-corrected chi connectivity index (χ3v) is 10.4. The smallest absolute Gasteiger partial charge is 0.308 e. The van der Waals surface area contributed by atoms with Gasteiger partial charge in [-0.1, -0.05) is 44.2 Å². The topological polar surface area (TPSA) is 79.3 Å². The zero-order valence-corrected chi connectivity index (χ0v) is 24.9. The number of phenols is 1. The molecule has 0 aromatic heterocycles. The first-order valence-corrected chi connectivity index (χ1v) is 15.8. The minimum Gasteiger partial charge on any atom is -0.508 e. The van der Waals surface area contributed by atoms with Gasteiger partial charge in [0.15, 0.2) is 11.5 Å². The number of phenolic OH excluding ortho intramolecular Hbond substituents is 1. The monoisotopic (exact) mass is 570 g/mol. The number of ether oxygens (including phenoxy) is 2. The van der Waals surface area contributed by atoms with Gasteiger partial charge in [-0.05, 0) is 74.5 Å². The number of aromatic hydroxyl groups is 1. The van der Waals surface area contributed by atoms with E-state index in [1.54, 1.807) is 12.1 Å². The average molecular weight is 571 g/mol. The summed E-state index contributed by atoms with van der Waals surface area (Å²) in [4.78, 5) is 30.8. The second-order valence-electron chi connectivity index (χ2n) is 13.6. The summed E-state index contributed by atoms with van der Waals surface area (Å²) in [6, 6.07) is 11.7. The third-order valence-electron chi connectivity index (χ3n) is 10.4. The number of likely N-dealkylation sites (tertiary alicyclic amines) is 1. The maximum Gasteiger partial charge on any atom is 0.308 e. The molecule has 2 heterocycles. The van der Waals surface area contributed by atoms with Crippen molar-refractivity contribution in [3.05, 3.63) is 59.2 Å². The molecule has 0 unspecified atom stereocenters. The van der Waals surface area contributed by atoms with Crippen LogP contribution in [0, 0.1) is 17.8 Å². The van der Waals surface area contributed by atoms with Crippen LogP contribution >= 0.6 is 0 Å². The van der Waals surface area contributed by atoms with Gasteiger partial charge in [-0.3, -0.25) is 14.5 Å². The lowest BCUT2D eigenvalue weighted by Gasteiger charge is -2.60. The van der Waals surface area contributed by atoms with E-state index in [-0.39, 0.29) is 35.1 Å². The molecule has 7 heteroatoms. The standard InChI is InChI=1S/C35H42N2O5/c1-21(2)19-37(31(40)14-11-23-7-5-4-6-8-23)27-13-12-26-28-17-25-29(39)18-30(41-22(3)38)33-32(25)35(26,34(27)42-33)15-16-36(28)20-24-9-10-24/h4-8,11,14,18,21,24,26-28,34,39H,9-10,12-13,15-17,19-20H2,1-3H3/t26-,27-,28+,34-,35-/m0/s1. The molecule has 2 bridgehead atoms. The predicted octanol–water partition coefficient (Wildman–Crippen LogP) is 5.33. The Labute approximate surface area is 248 Å². The van der Waals surface area contributed by atoms with Gasteiger partial charge in [0, 0.05) is 54.7 Å². The van der Waals surface area contributed by atoms with Crippen LogP contribution in [0.5, 0.6) is 17.2 Å². The van der Waals surface area contributed by atoms with Gasteiger partial charge in [0.05, 0.1) is 6.04 Å². The Balaban J connectivity index is 1.30. The van der Waals surface area contributed by atoms with Crippen molar-refractivity contribution in [1.82, 2.24) is 9.80 Å². The quantitative estimate of drug-likeness (QED) is 0.263. The molecule has 2 aromatic rings. The van der Waals surface area contributed by atoms with Gasteiger partial charge < -0.3 is 19.5 Å². The Morgan fingerprint density at radius 2 is 1.98 bits per heavy atom. The molecule has 3 aliphatic carbocycles. The van der Waals surface area contributed by atoms with Crippen LogP contribution in [0.1, 0.15) is 69.6 Å². The van der Waals surface area contributed by atoms with Crippen LogP contribution in [0.4, 0.5) is 0 Å². The van der Waals surface area contributed by atoms with Crippen LogP contribution in [-0.4, -0.2) is 64.6 Å². The van der Waals surface area contributed by atoms with Gasteiger partial charge in [0.1, 0.15) is 11.9 Å². The van der Waals surface area contributed by atoms with E-state index in [9.17, 15) is 14.7 Å². The fraction of sp³-hybridized carbons (Fsp3) is 0.543. The molecule has 1 amide bonds. The molecule has 2 saturated carbocycles. The Morgan fingerprint density at radius 3 is 2.69 bits per heavy atom. The minimum atomic E-state index is -0.440. The molecule has 42 heavy (non-hydrogen) atoms. The fourth-order valence-corrected chi connectivity index (χ4v) is 8.67. The Kier molecular flexibility index (Phi) is 6.84. The van der Waals surface area contributed by atoms with Crippen LogP contribution in [0.2, 0.25) is 0 Å². The molecular formula is C35H42N2O5. The van der Waals surface area contributed by atoms with Gasteiger partial charge >= 0.3 is 5.97 Å². The maximum absolute atomic E-state index is 14.0. The van der Waals surface area contributed by atoms with Gasteiger partial charge in [-0.2, -0.15) is 0 Å². The molecule has 3 fully saturated rings. The summed E-state index contributed by atoms with van der Waals surface area (Å²) in [5, 5.41) is 11.3. The number of nitrogens with zero attached hydrogens (tertiary/aromatic N) is 2. The zero-order chi connectivity index (χ0) is 29.2. The first-order chi connectivity index (χ1) is 20.3. The number of benzene rings is 2. The largest absolute Gasteiger partial charge is 0.508 e. The SMILES string of the molecule is CC(=O)Oc1cc(O)c2c3c1O[C@H]1[C@@H](N(CC(C)C)C(=O)C=Cc4ccccc4)CC[C@H]4[C@@H](C2)N(CC2CC2)CC[C@@]341. The van der Waals surface area contributed by atoms with Crippen molar-refractivity contribution in [3.8, 4) is 17.2 Å². The summed E-state index contributed by atoms with van der Waals surface area (Å²) >= 11 is 0. The van der Waals surface area contributed by atoms with Gasteiger partial charge in [0.2, 0.25) is 5.91 Å². The number of piperidine rings is 1. The van der Waals surface area contributed by atoms with E-state index >= 15 is 0 Å². The lowest BCUT2D eigenvalue weighted by Crippen LogP contribution is -2.69. The number of carbonyl (C=O) groups excluding carboxylic acids is 2. The zero-order valence-electron chi connectivity index (χ0n) is 24.9. The predicted molar refractivity (Wildman–Crippen MR) is 160 cm³/mol. The highest BCUT2D eigenvalue weighted by Crippen LogP contribution is 2.66. The third kappa shape index (κ3) is 4.52. The first-order valence-electron chi connectivity index (χ1n) is 15.8. The summed E-state index contributed by atoms with van der Waals surface area (Å²) < 4.78 is 12.6. The summed E-state index contributed by atoms with van der Waals surface area (Å²) in [6.07, 6.45) is 9.51. The molecule has 1 N–H and O–H groups in total. The van der Waals surface area contributed by atoms with Crippen LogP contribution in [0.15, 0.2) is 42.5 Å². The number of hydrogen-bond acceptors (Lipinski definition) is 6. The Morgan fingerprint density at radius 1 is 1.19 bits per heavy atom.